The highest BCUT2D eigenvalue weighted by molar-refractivity contribution is 5.77. The first-order valence-corrected chi connectivity index (χ1v) is 6.91. The molecule has 5 nitrogen and oxygen atoms in total. The van der Waals surface area contributed by atoms with Gasteiger partial charge in [-0.15, -0.1) is 0 Å². The molecular weight excluding hydrogens is 252 g/mol. The lowest BCUT2D eigenvalue weighted by molar-refractivity contribution is 0.367. The summed E-state index contributed by atoms with van der Waals surface area (Å²) in [6.45, 7) is 6.88. The van der Waals surface area contributed by atoms with E-state index in [0.717, 1.165) is 29.7 Å². The summed E-state index contributed by atoms with van der Waals surface area (Å²) in [5.74, 6) is 1.41. The Labute approximate surface area is 117 Å². The van der Waals surface area contributed by atoms with Crippen molar-refractivity contribution in [2.45, 2.75) is 40.2 Å². The smallest absolute Gasteiger partial charge is 0.246 e. The van der Waals surface area contributed by atoms with E-state index in [1.807, 2.05) is 10.9 Å². The van der Waals surface area contributed by atoms with Crippen LogP contribution in [0.15, 0.2) is 23.0 Å². The average molecular weight is 270 g/mol. The van der Waals surface area contributed by atoms with Gasteiger partial charge in [0.05, 0.1) is 17.4 Å². The summed E-state index contributed by atoms with van der Waals surface area (Å²) in [7, 11) is 0. The van der Waals surface area contributed by atoms with E-state index in [-0.39, 0.29) is 0 Å². The predicted molar refractivity (Wildman–Crippen MR) is 76.6 cm³/mol. The summed E-state index contributed by atoms with van der Waals surface area (Å²) < 4.78 is 7.33. The Morgan fingerprint density at radius 2 is 2.00 bits per heavy atom. The fourth-order valence-electron chi connectivity index (χ4n) is 2.26. The Hall–Kier alpha value is -2.17. The molecule has 3 aromatic rings. The van der Waals surface area contributed by atoms with E-state index in [1.165, 1.54) is 11.1 Å². The lowest BCUT2D eigenvalue weighted by Gasteiger charge is -2.03. The topological polar surface area (TPSA) is 56.7 Å². The van der Waals surface area contributed by atoms with E-state index in [1.54, 1.807) is 0 Å². The molecule has 0 bridgehead atoms. The lowest BCUT2D eigenvalue weighted by Crippen LogP contribution is -1.99. The molecule has 0 aliphatic carbocycles. The van der Waals surface area contributed by atoms with Gasteiger partial charge in [-0.1, -0.05) is 12.1 Å². The van der Waals surface area contributed by atoms with E-state index in [0.29, 0.717) is 12.4 Å². The molecule has 20 heavy (non-hydrogen) atoms. The van der Waals surface area contributed by atoms with Crippen molar-refractivity contribution >= 4 is 11.0 Å². The second-order valence-electron chi connectivity index (χ2n) is 5.15. The molecule has 0 saturated carbocycles. The average Bonchev–Trinajstić information content (AvgIpc) is 3.00. The summed E-state index contributed by atoms with van der Waals surface area (Å²) in [5.41, 5.74) is 4.62. The minimum Gasteiger partial charge on any atom is -0.337 e. The maximum Gasteiger partial charge on any atom is 0.246 e. The number of aromatic nitrogens is 4. The Morgan fingerprint density at radius 3 is 2.80 bits per heavy atom. The van der Waals surface area contributed by atoms with Crippen LogP contribution in [0.1, 0.15) is 36.2 Å². The van der Waals surface area contributed by atoms with Crippen LogP contribution < -0.4 is 0 Å². The van der Waals surface area contributed by atoms with E-state index in [2.05, 4.69) is 48.0 Å². The van der Waals surface area contributed by atoms with Crippen LogP contribution in [0.4, 0.5) is 0 Å². The maximum atomic E-state index is 5.28. The molecule has 0 aliphatic heterocycles. The zero-order valence-corrected chi connectivity index (χ0v) is 12.1. The minimum atomic E-state index is 0.565. The van der Waals surface area contributed by atoms with Gasteiger partial charge in [0.25, 0.3) is 0 Å². The van der Waals surface area contributed by atoms with E-state index in [4.69, 9.17) is 4.52 Å². The van der Waals surface area contributed by atoms with Crippen LogP contribution in [0.2, 0.25) is 0 Å². The van der Waals surface area contributed by atoms with Crippen LogP contribution in [0.25, 0.3) is 11.0 Å². The quantitative estimate of drug-likeness (QED) is 0.731. The third-order valence-electron chi connectivity index (χ3n) is 3.53. The van der Waals surface area contributed by atoms with Crippen LogP contribution >= 0.6 is 0 Å². The van der Waals surface area contributed by atoms with Gasteiger partial charge in [-0.05, 0) is 43.5 Å². The van der Waals surface area contributed by atoms with Gasteiger partial charge in [0.2, 0.25) is 5.89 Å². The summed E-state index contributed by atoms with van der Waals surface area (Å²) >= 11 is 0. The van der Waals surface area contributed by atoms with Crippen LogP contribution in [0.5, 0.6) is 0 Å². The van der Waals surface area contributed by atoms with E-state index in [9.17, 15) is 0 Å². The summed E-state index contributed by atoms with van der Waals surface area (Å²) in [5, 5.41) is 3.98. The highest BCUT2D eigenvalue weighted by Crippen LogP contribution is 2.19. The Morgan fingerprint density at radius 1 is 1.20 bits per heavy atom. The summed E-state index contributed by atoms with van der Waals surface area (Å²) in [6.07, 6.45) is 3.70. The molecule has 3 rings (SSSR count). The fraction of sp³-hybridized carbons (Fsp3) is 0.400. The van der Waals surface area contributed by atoms with Gasteiger partial charge in [-0.25, -0.2) is 4.98 Å². The molecule has 0 spiro atoms. The van der Waals surface area contributed by atoms with Crippen molar-refractivity contribution in [1.82, 2.24) is 19.7 Å². The lowest BCUT2D eigenvalue weighted by atomic mass is 10.1. The standard InChI is InChI=1S/C15H18N4O/c1-4-5-14-17-15(20-18-14)8-19-9-16-12-6-10(2)11(3)7-13(12)19/h6-7,9H,4-5,8H2,1-3H3. The molecule has 2 aromatic heterocycles. The van der Waals surface area contributed by atoms with Crippen molar-refractivity contribution in [2.24, 2.45) is 0 Å². The van der Waals surface area contributed by atoms with E-state index < -0.39 is 0 Å². The van der Waals surface area contributed by atoms with Crippen molar-refractivity contribution in [3.63, 3.8) is 0 Å². The highest BCUT2D eigenvalue weighted by atomic mass is 16.5. The number of fused-ring (bicyclic) bond motifs is 1. The molecule has 104 valence electrons. The van der Waals surface area contributed by atoms with Gasteiger partial charge in [0, 0.05) is 6.42 Å². The van der Waals surface area contributed by atoms with Crippen LogP contribution in [-0.4, -0.2) is 19.7 Å². The molecular formula is C15H18N4O. The Bertz CT molecular complexity index is 741. The second-order valence-corrected chi connectivity index (χ2v) is 5.15. The first-order valence-electron chi connectivity index (χ1n) is 6.91. The SMILES string of the molecule is CCCc1noc(Cn2cnc3cc(C)c(C)cc32)n1. The number of hydrogen-bond donors (Lipinski definition) is 0. The van der Waals surface area contributed by atoms with Gasteiger partial charge < -0.3 is 9.09 Å². The van der Waals surface area contributed by atoms with Crippen LogP contribution in [0.3, 0.4) is 0 Å². The van der Waals surface area contributed by atoms with Crippen molar-refractivity contribution in [3.8, 4) is 0 Å². The number of imidazole rings is 1. The number of nitrogens with zero attached hydrogens (tertiary/aromatic N) is 4. The van der Waals surface area contributed by atoms with Gasteiger partial charge in [0.1, 0.15) is 6.54 Å². The first kappa shape index (κ1) is 12.8. The molecule has 0 amide bonds. The van der Waals surface area contributed by atoms with Crippen molar-refractivity contribution < 1.29 is 4.52 Å². The molecule has 1 aromatic carbocycles. The van der Waals surface area contributed by atoms with Gasteiger partial charge in [-0.3, -0.25) is 0 Å². The Balaban J connectivity index is 1.92. The van der Waals surface area contributed by atoms with Crippen molar-refractivity contribution in [3.05, 3.63) is 41.3 Å². The van der Waals surface area contributed by atoms with E-state index >= 15 is 0 Å². The summed E-state index contributed by atoms with van der Waals surface area (Å²) in [4.78, 5) is 8.83. The van der Waals surface area contributed by atoms with Crippen LogP contribution in [0, 0.1) is 13.8 Å². The number of benzene rings is 1. The molecule has 0 unspecified atom stereocenters. The number of hydrogen-bond acceptors (Lipinski definition) is 4. The van der Waals surface area contributed by atoms with Crippen molar-refractivity contribution in [1.29, 1.82) is 0 Å². The second kappa shape index (κ2) is 5.07. The molecule has 0 N–H and O–H groups in total. The highest BCUT2D eigenvalue weighted by Gasteiger charge is 2.10. The first-order chi connectivity index (χ1) is 9.67. The van der Waals surface area contributed by atoms with Gasteiger partial charge in [0.15, 0.2) is 5.82 Å². The van der Waals surface area contributed by atoms with Crippen molar-refractivity contribution in [2.75, 3.05) is 0 Å². The maximum absolute atomic E-state index is 5.28. The third-order valence-corrected chi connectivity index (χ3v) is 3.53. The Kier molecular flexibility index (Phi) is 3.26. The largest absolute Gasteiger partial charge is 0.337 e. The van der Waals surface area contributed by atoms with Gasteiger partial charge >= 0.3 is 0 Å². The molecule has 2 heterocycles. The molecule has 5 heteroatoms. The molecule has 0 aliphatic rings. The molecule has 0 atom stereocenters. The number of aryl methyl sites for hydroxylation is 3. The zero-order valence-electron chi connectivity index (χ0n) is 12.1. The normalized spacial score (nSPS) is 11.3. The molecule has 0 fully saturated rings. The monoisotopic (exact) mass is 270 g/mol. The van der Waals surface area contributed by atoms with Crippen LogP contribution in [-0.2, 0) is 13.0 Å². The minimum absolute atomic E-state index is 0.565. The predicted octanol–water partition coefficient (Wildman–Crippen LogP) is 3.04. The molecule has 0 saturated heterocycles. The molecule has 0 radical (unpaired) electrons. The fourth-order valence-corrected chi connectivity index (χ4v) is 2.26. The third kappa shape index (κ3) is 2.31. The summed E-state index contributed by atoms with van der Waals surface area (Å²) in [6, 6.07) is 4.26. The zero-order chi connectivity index (χ0) is 14.1. The van der Waals surface area contributed by atoms with Gasteiger partial charge in [-0.2, -0.15) is 4.98 Å². The number of rotatable bonds is 4.